The number of thiazole rings is 1. The minimum absolute atomic E-state index is 0.705. The van der Waals surface area contributed by atoms with Gasteiger partial charge in [0.05, 0.1) is 10.7 Å². The molecule has 3 heteroatoms. The van der Waals surface area contributed by atoms with Gasteiger partial charge in [-0.3, -0.25) is 0 Å². The molecule has 0 amide bonds. The van der Waals surface area contributed by atoms with Crippen molar-refractivity contribution in [2.24, 2.45) is 5.92 Å². The Morgan fingerprint density at radius 3 is 2.92 bits per heavy atom. The van der Waals surface area contributed by atoms with Gasteiger partial charge in [-0.1, -0.05) is 13.8 Å². The molecule has 0 aromatic carbocycles. The fraction of sp³-hybridized carbons (Fsp3) is 0.667. The standard InChI is InChI=1S/C9H15NS2/c1-7(2)5-8-6-12-9(10-8)3-4-11/h6-7,11H,3-5H2,1-2H3. The zero-order chi connectivity index (χ0) is 8.97. The fourth-order valence-electron chi connectivity index (χ4n) is 1.07. The molecule has 0 atom stereocenters. The van der Waals surface area contributed by atoms with Gasteiger partial charge in [-0.2, -0.15) is 12.6 Å². The van der Waals surface area contributed by atoms with E-state index in [2.05, 4.69) is 36.8 Å². The second kappa shape index (κ2) is 4.87. The Morgan fingerprint density at radius 1 is 1.58 bits per heavy atom. The third kappa shape index (κ3) is 3.15. The maximum absolute atomic E-state index is 4.51. The van der Waals surface area contributed by atoms with Crippen LogP contribution >= 0.6 is 24.0 Å². The van der Waals surface area contributed by atoms with Crippen LogP contribution in [0.1, 0.15) is 24.5 Å². The van der Waals surface area contributed by atoms with Crippen LogP contribution in [0.2, 0.25) is 0 Å². The minimum atomic E-state index is 0.705. The van der Waals surface area contributed by atoms with E-state index >= 15 is 0 Å². The Morgan fingerprint density at radius 2 is 2.33 bits per heavy atom. The van der Waals surface area contributed by atoms with Crippen molar-refractivity contribution >= 4 is 24.0 Å². The Balaban J connectivity index is 2.52. The number of hydrogen-bond donors (Lipinski definition) is 1. The van der Waals surface area contributed by atoms with Crippen molar-refractivity contribution in [3.63, 3.8) is 0 Å². The summed E-state index contributed by atoms with van der Waals surface area (Å²) >= 11 is 5.93. The Kier molecular flexibility index (Phi) is 4.09. The van der Waals surface area contributed by atoms with Gasteiger partial charge in [-0.05, 0) is 18.1 Å². The number of aryl methyl sites for hydroxylation is 1. The predicted octanol–water partition coefficient (Wildman–Crippen LogP) is 2.81. The molecule has 1 aromatic rings. The Labute approximate surface area is 83.6 Å². The summed E-state index contributed by atoms with van der Waals surface area (Å²) in [5.74, 6) is 1.60. The first kappa shape index (κ1) is 10.1. The Bertz CT molecular complexity index is 230. The van der Waals surface area contributed by atoms with E-state index in [1.165, 1.54) is 10.7 Å². The van der Waals surface area contributed by atoms with Crippen LogP contribution in [-0.4, -0.2) is 10.7 Å². The van der Waals surface area contributed by atoms with E-state index < -0.39 is 0 Å². The highest BCUT2D eigenvalue weighted by Gasteiger charge is 2.02. The summed E-state index contributed by atoms with van der Waals surface area (Å²) < 4.78 is 0. The summed E-state index contributed by atoms with van der Waals surface area (Å²) in [5, 5.41) is 3.39. The smallest absolute Gasteiger partial charge is 0.0936 e. The Hall–Kier alpha value is -0.0200. The topological polar surface area (TPSA) is 12.9 Å². The van der Waals surface area contributed by atoms with E-state index in [0.717, 1.165) is 18.6 Å². The summed E-state index contributed by atoms with van der Waals surface area (Å²) in [6.07, 6.45) is 2.11. The lowest BCUT2D eigenvalue weighted by atomic mass is 10.1. The van der Waals surface area contributed by atoms with Crippen LogP contribution in [0.5, 0.6) is 0 Å². The van der Waals surface area contributed by atoms with Crippen molar-refractivity contribution in [1.82, 2.24) is 4.98 Å². The predicted molar refractivity (Wildman–Crippen MR) is 58.2 cm³/mol. The molecule has 0 saturated carbocycles. The van der Waals surface area contributed by atoms with Crippen molar-refractivity contribution in [1.29, 1.82) is 0 Å². The maximum Gasteiger partial charge on any atom is 0.0936 e. The van der Waals surface area contributed by atoms with E-state index in [-0.39, 0.29) is 0 Å². The molecule has 0 aliphatic heterocycles. The molecule has 0 bridgehead atoms. The van der Waals surface area contributed by atoms with Gasteiger partial charge in [0.15, 0.2) is 0 Å². The van der Waals surface area contributed by atoms with E-state index in [1.807, 2.05) is 0 Å². The van der Waals surface area contributed by atoms with Crippen molar-refractivity contribution in [3.05, 3.63) is 16.1 Å². The van der Waals surface area contributed by atoms with Gasteiger partial charge >= 0.3 is 0 Å². The molecule has 68 valence electrons. The van der Waals surface area contributed by atoms with Crippen molar-refractivity contribution in [2.75, 3.05) is 5.75 Å². The van der Waals surface area contributed by atoms with Crippen LogP contribution in [-0.2, 0) is 12.8 Å². The molecular weight excluding hydrogens is 186 g/mol. The molecule has 0 N–H and O–H groups in total. The third-order valence-electron chi connectivity index (χ3n) is 1.54. The largest absolute Gasteiger partial charge is 0.246 e. The molecule has 0 fully saturated rings. The van der Waals surface area contributed by atoms with Crippen molar-refractivity contribution in [3.8, 4) is 0 Å². The first-order chi connectivity index (χ1) is 5.72. The first-order valence-corrected chi connectivity index (χ1v) is 5.77. The molecule has 1 rings (SSSR count). The number of thiol groups is 1. The zero-order valence-electron chi connectivity index (χ0n) is 7.58. The highest BCUT2D eigenvalue weighted by Crippen LogP contribution is 2.13. The van der Waals surface area contributed by atoms with Crippen molar-refractivity contribution < 1.29 is 0 Å². The molecule has 12 heavy (non-hydrogen) atoms. The van der Waals surface area contributed by atoms with Crippen LogP contribution in [0.25, 0.3) is 0 Å². The van der Waals surface area contributed by atoms with E-state index in [9.17, 15) is 0 Å². The molecule has 0 unspecified atom stereocenters. The van der Waals surface area contributed by atoms with Crippen molar-refractivity contribution in [2.45, 2.75) is 26.7 Å². The number of rotatable bonds is 4. The molecule has 1 heterocycles. The zero-order valence-corrected chi connectivity index (χ0v) is 9.29. The van der Waals surface area contributed by atoms with Gasteiger partial charge in [-0.15, -0.1) is 11.3 Å². The van der Waals surface area contributed by atoms with Crippen LogP contribution in [0, 0.1) is 5.92 Å². The van der Waals surface area contributed by atoms with Gasteiger partial charge in [0, 0.05) is 11.8 Å². The summed E-state index contributed by atoms with van der Waals surface area (Å²) in [6, 6.07) is 0. The number of nitrogens with zero attached hydrogens (tertiary/aromatic N) is 1. The summed E-state index contributed by atoms with van der Waals surface area (Å²) in [6.45, 7) is 4.44. The molecule has 0 aliphatic carbocycles. The second-order valence-corrected chi connectivity index (χ2v) is 4.69. The maximum atomic E-state index is 4.51. The summed E-state index contributed by atoms with van der Waals surface area (Å²) in [4.78, 5) is 4.51. The van der Waals surface area contributed by atoms with E-state index in [1.54, 1.807) is 11.3 Å². The molecular formula is C9H15NS2. The number of aromatic nitrogens is 1. The summed E-state index contributed by atoms with van der Waals surface area (Å²) in [5.41, 5.74) is 1.24. The summed E-state index contributed by atoms with van der Waals surface area (Å²) in [7, 11) is 0. The van der Waals surface area contributed by atoms with Gasteiger partial charge < -0.3 is 0 Å². The van der Waals surface area contributed by atoms with Gasteiger partial charge in [0.2, 0.25) is 0 Å². The van der Waals surface area contributed by atoms with Gasteiger partial charge in [0.1, 0.15) is 0 Å². The van der Waals surface area contributed by atoms with Gasteiger partial charge in [-0.25, -0.2) is 4.98 Å². The van der Waals surface area contributed by atoms with E-state index in [0.29, 0.717) is 5.92 Å². The highest BCUT2D eigenvalue weighted by atomic mass is 32.1. The molecule has 0 aliphatic rings. The highest BCUT2D eigenvalue weighted by molar-refractivity contribution is 7.80. The van der Waals surface area contributed by atoms with Crippen LogP contribution < -0.4 is 0 Å². The average molecular weight is 201 g/mol. The first-order valence-electron chi connectivity index (χ1n) is 4.26. The van der Waals surface area contributed by atoms with Gasteiger partial charge in [0.25, 0.3) is 0 Å². The molecule has 0 saturated heterocycles. The minimum Gasteiger partial charge on any atom is -0.246 e. The fourth-order valence-corrected chi connectivity index (χ4v) is 2.25. The van der Waals surface area contributed by atoms with Crippen LogP contribution in [0.15, 0.2) is 5.38 Å². The molecule has 1 nitrogen and oxygen atoms in total. The molecule has 1 aromatic heterocycles. The normalized spacial score (nSPS) is 11.0. The average Bonchev–Trinajstić information content (AvgIpc) is 2.36. The third-order valence-corrected chi connectivity index (χ3v) is 2.72. The molecule has 0 radical (unpaired) electrons. The van der Waals surface area contributed by atoms with Crippen LogP contribution in [0.3, 0.4) is 0 Å². The quantitative estimate of drug-likeness (QED) is 0.739. The van der Waals surface area contributed by atoms with Crippen LogP contribution in [0.4, 0.5) is 0 Å². The molecule has 0 spiro atoms. The second-order valence-electron chi connectivity index (χ2n) is 3.30. The number of hydrogen-bond acceptors (Lipinski definition) is 3. The lowest BCUT2D eigenvalue weighted by molar-refractivity contribution is 0.636. The SMILES string of the molecule is CC(C)Cc1csc(CCS)n1. The monoisotopic (exact) mass is 201 g/mol. The lowest BCUT2D eigenvalue weighted by Gasteiger charge is -1.98. The lowest BCUT2D eigenvalue weighted by Crippen LogP contribution is -1.94. The van der Waals surface area contributed by atoms with E-state index in [4.69, 9.17) is 0 Å².